The highest BCUT2D eigenvalue weighted by molar-refractivity contribution is 7.89. The number of methoxy groups -OCH3 is 1. The Hall–Kier alpha value is -0.710. The van der Waals surface area contributed by atoms with E-state index in [0.717, 1.165) is 43.9 Å². The van der Waals surface area contributed by atoms with E-state index in [-0.39, 0.29) is 23.3 Å². The second kappa shape index (κ2) is 8.11. The number of sulfonamides is 1. The fourth-order valence-corrected chi connectivity index (χ4v) is 5.76. The number of esters is 1. The first-order valence-corrected chi connectivity index (χ1v) is 9.96. The van der Waals surface area contributed by atoms with E-state index in [4.69, 9.17) is 0 Å². The van der Waals surface area contributed by atoms with Crippen molar-refractivity contribution in [1.29, 1.82) is 0 Å². The SMILES string of the molecule is COC(=O)c1cc(S(=O)(=O)N2CCC(N3CCNCC3)C2)cs1.Cl. The zero-order chi connectivity index (χ0) is 16.4. The maximum absolute atomic E-state index is 12.7. The highest BCUT2D eigenvalue weighted by Gasteiger charge is 2.36. The highest BCUT2D eigenvalue weighted by Crippen LogP contribution is 2.27. The Labute approximate surface area is 152 Å². The van der Waals surface area contributed by atoms with Gasteiger partial charge in [0.05, 0.1) is 12.0 Å². The molecule has 24 heavy (non-hydrogen) atoms. The van der Waals surface area contributed by atoms with Crippen LogP contribution >= 0.6 is 23.7 Å². The number of hydrogen-bond acceptors (Lipinski definition) is 7. The Morgan fingerprint density at radius 1 is 1.33 bits per heavy atom. The Balaban J connectivity index is 0.00000208. The molecule has 2 saturated heterocycles. The molecule has 0 aromatic carbocycles. The van der Waals surface area contributed by atoms with Gasteiger partial charge in [-0.25, -0.2) is 13.2 Å². The molecule has 10 heteroatoms. The summed E-state index contributed by atoms with van der Waals surface area (Å²) in [7, 11) is -2.25. The van der Waals surface area contributed by atoms with Crippen LogP contribution in [0.5, 0.6) is 0 Å². The fraction of sp³-hybridized carbons (Fsp3) is 0.643. The third kappa shape index (κ3) is 3.92. The van der Waals surface area contributed by atoms with Crippen molar-refractivity contribution in [2.24, 2.45) is 0 Å². The van der Waals surface area contributed by atoms with Crippen LogP contribution in [0.3, 0.4) is 0 Å². The summed E-state index contributed by atoms with van der Waals surface area (Å²) < 4.78 is 31.6. The van der Waals surface area contributed by atoms with Gasteiger partial charge in [0, 0.05) is 50.7 Å². The molecule has 0 bridgehead atoms. The van der Waals surface area contributed by atoms with Crippen molar-refractivity contribution in [1.82, 2.24) is 14.5 Å². The average molecular weight is 396 g/mol. The Morgan fingerprint density at radius 2 is 2.04 bits per heavy atom. The second-order valence-corrected chi connectivity index (χ2v) is 8.58. The highest BCUT2D eigenvalue weighted by atomic mass is 35.5. The molecule has 7 nitrogen and oxygen atoms in total. The number of hydrogen-bond donors (Lipinski definition) is 1. The van der Waals surface area contributed by atoms with Crippen molar-refractivity contribution >= 4 is 39.7 Å². The number of piperazine rings is 1. The monoisotopic (exact) mass is 395 g/mol. The molecule has 3 heterocycles. The predicted molar refractivity (Wildman–Crippen MR) is 94.5 cm³/mol. The van der Waals surface area contributed by atoms with Crippen molar-refractivity contribution in [3.63, 3.8) is 0 Å². The lowest BCUT2D eigenvalue weighted by Crippen LogP contribution is -2.49. The topological polar surface area (TPSA) is 79.0 Å². The number of rotatable bonds is 4. The normalized spacial score (nSPS) is 23.0. The minimum atomic E-state index is -3.54. The maximum atomic E-state index is 12.7. The molecule has 1 N–H and O–H groups in total. The Morgan fingerprint density at radius 3 is 2.71 bits per heavy atom. The first-order chi connectivity index (χ1) is 11.0. The van der Waals surface area contributed by atoms with Gasteiger partial charge in [-0.1, -0.05) is 0 Å². The lowest BCUT2D eigenvalue weighted by Gasteiger charge is -2.32. The van der Waals surface area contributed by atoms with E-state index in [1.54, 1.807) is 0 Å². The van der Waals surface area contributed by atoms with Crippen LogP contribution in [-0.4, -0.2) is 76.0 Å². The van der Waals surface area contributed by atoms with Gasteiger partial charge in [-0.05, 0) is 12.5 Å². The number of nitrogens with zero attached hydrogens (tertiary/aromatic N) is 2. The first kappa shape index (κ1) is 19.6. The molecule has 3 rings (SSSR count). The van der Waals surface area contributed by atoms with Crippen molar-refractivity contribution in [2.75, 3.05) is 46.4 Å². The summed E-state index contributed by atoms with van der Waals surface area (Å²) in [5.74, 6) is -0.503. The number of ether oxygens (including phenoxy) is 1. The Kier molecular flexibility index (Phi) is 6.63. The second-order valence-electron chi connectivity index (χ2n) is 5.73. The van der Waals surface area contributed by atoms with Crippen LogP contribution in [0.25, 0.3) is 0 Å². The number of thiophene rings is 1. The molecule has 2 fully saturated rings. The zero-order valence-corrected chi connectivity index (χ0v) is 15.9. The number of carbonyl (C=O) groups excluding carboxylic acids is 1. The van der Waals surface area contributed by atoms with E-state index in [1.807, 2.05) is 0 Å². The minimum absolute atomic E-state index is 0. The summed E-state index contributed by atoms with van der Waals surface area (Å²) in [6, 6.07) is 1.69. The van der Waals surface area contributed by atoms with Crippen molar-refractivity contribution < 1.29 is 17.9 Å². The zero-order valence-electron chi connectivity index (χ0n) is 13.4. The molecule has 1 aromatic rings. The molecule has 0 saturated carbocycles. The molecule has 1 atom stereocenters. The van der Waals surface area contributed by atoms with Crippen LogP contribution in [0.15, 0.2) is 16.3 Å². The Bertz CT molecular complexity index is 673. The summed E-state index contributed by atoms with van der Waals surface area (Å²) in [5.41, 5.74) is 0. The van der Waals surface area contributed by atoms with Crippen LogP contribution in [0.2, 0.25) is 0 Å². The van der Waals surface area contributed by atoms with Crippen molar-refractivity contribution in [2.45, 2.75) is 17.4 Å². The molecular weight excluding hydrogens is 374 g/mol. The molecule has 1 aromatic heterocycles. The molecule has 0 aliphatic carbocycles. The van der Waals surface area contributed by atoms with Gasteiger partial charge in [0.2, 0.25) is 10.0 Å². The summed E-state index contributed by atoms with van der Waals surface area (Å²) in [5, 5.41) is 4.82. The van der Waals surface area contributed by atoms with E-state index in [0.29, 0.717) is 18.0 Å². The van der Waals surface area contributed by atoms with Gasteiger partial charge in [0.15, 0.2) is 0 Å². The summed E-state index contributed by atoms with van der Waals surface area (Å²) in [6.07, 6.45) is 0.854. The quantitative estimate of drug-likeness (QED) is 0.753. The van der Waals surface area contributed by atoms with Crippen molar-refractivity contribution in [3.05, 3.63) is 16.3 Å². The van der Waals surface area contributed by atoms with E-state index in [9.17, 15) is 13.2 Å². The smallest absolute Gasteiger partial charge is 0.348 e. The van der Waals surface area contributed by atoms with Crippen LogP contribution < -0.4 is 5.32 Å². The maximum Gasteiger partial charge on any atom is 0.348 e. The van der Waals surface area contributed by atoms with Crippen LogP contribution in [0.1, 0.15) is 16.1 Å². The van der Waals surface area contributed by atoms with Gasteiger partial charge >= 0.3 is 5.97 Å². The van der Waals surface area contributed by atoms with Gasteiger partial charge in [-0.15, -0.1) is 23.7 Å². The number of halogens is 1. The lowest BCUT2D eigenvalue weighted by molar-refractivity contribution is 0.0606. The van der Waals surface area contributed by atoms with E-state index < -0.39 is 16.0 Å². The molecular formula is C14H22ClN3O4S2. The van der Waals surface area contributed by atoms with E-state index in [1.165, 1.54) is 22.9 Å². The van der Waals surface area contributed by atoms with Crippen LogP contribution in [-0.2, 0) is 14.8 Å². The first-order valence-electron chi connectivity index (χ1n) is 7.64. The van der Waals surface area contributed by atoms with Crippen LogP contribution in [0.4, 0.5) is 0 Å². The summed E-state index contributed by atoms with van der Waals surface area (Å²) >= 11 is 1.10. The molecule has 0 spiro atoms. The molecule has 2 aliphatic heterocycles. The van der Waals surface area contributed by atoms with Crippen molar-refractivity contribution in [3.8, 4) is 0 Å². The summed E-state index contributed by atoms with van der Waals surface area (Å²) in [4.78, 5) is 14.4. The number of carbonyl (C=O) groups is 1. The predicted octanol–water partition coefficient (Wildman–Crippen LogP) is 0.625. The molecule has 136 valence electrons. The lowest BCUT2D eigenvalue weighted by atomic mass is 10.2. The molecule has 1 unspecified atom stereocenters. The van der Waals surface area contributed by atoms with E-state index in [2.05, 4.69) is 15.0 Å². The standard InChI is InChI=1S/C14H21N3O4S2.ClH/c1-21-14(18)13-8-12(10-22-13)23(19,20)17-5-2-11(9-17)16-6-3-15-4-7-16;/h8,10-11,15H,2-7,9H2,1H3;1H. The fourth-order valence-electron chi connectivity index (χ4n) is 3.09. The van der Waals surface area contributed by atoms with Gasteiger partial charge < -0.3 is 10.1 Å². The van der Waals surface area contributed by atoms with Gasteiger partial charge in [-0.3, -0.25) is 4.90 Å². The largest absolute Gasteiger partial charge is 0.465 e. The molecule has 2 aliphatic rings. The minimum Gasteiger partial charge on any atom is -0.465 e. The number of nitrogens with one attached hydrogen (secondary N) is 1. The average Bonchev–Trinajstić information content (AvgIpc) is 3.25. The third-order valence-corrected chi connectivity index (χ3v) is 7.30. The van der Waals surface area contributed by atoms with Gasteiger partial charge in [0.1, 0.15) is 4.88 Å². The van der Waals surface area contributed by atoms with Gasteiger partial charge in [-0.2, -0.15) is 4.31 Å². The third-order valence-electron chi connectivity index (χ3n) is 4.39. The molecule has 0 radical (unpaired) electrons. The van der Waals surface area contributed by atoms with E-state index >= 15 is 0 Å². The molecule has 0 amide bonds. The summed E-state index contributed by atoms with van der Waals surface area (Å²) in [6.45, 7) is 4.88. The van der Waals surface area contributed by atoms with Gasteiger partial charge in [0.25, 0.3) is 0 Å². The van der Waals surface area contributed by atoms with Crippen LogP contribution in [0, 0.1) is 0 Å².